The second-order valence-electron chi connectivity index (χ2n) is 5.96. The van der Waals surface area contributed by atoms with Gasteiger partial charge in [0.1, 0.15) is 5.82 Å². The van der Waals surface area contributed by atoms with E-state index in [4.69, 9.17) is 25.7 Å². The highest BCUT2D eigenvalue weighted by Crippen LogP contribution is 2.22. The number of pyridine rings is 1. The number of ether oxygens (including phenoxy) is 2. The number of aliphatic hydroxyl groups excluding tert-OH is 1. The Labute approximate surface area is 163 Å². The molecule has 150 valence electrons. The summed E-state index contributed by atoms with van der Waals surface area (Å²) in [6.45, 7) is 1.83. The molecule has 0 aliphatic heterocycles. The summed E-state index contributed by atoms with van der Waals surface area (Å²) in [4.78, 5) is 16.6. The maximum atomic E-state index is 12.3. The van der Waals surface area contributed by atoms with Crippen LogP contribution < -0.4 is 16.4 Å². The first-order valence-corrected chi connectivity index (χ1v) is 8.69. The standard InChI is InChI=1S/C19H25N5O4/c1-12(13-6-4-3-5-7-13)22-19(26)24-16-10-14(20)17(18(21)27-2)15(23-16)11-28-9-8-25/h3-7,10,12,21,25H,8-9,11H2,1-2H3,(H4,20,22,23,24,26). The summed E-state index contributed by atoms with van der Waals surface area (Å²) in [5.41, 5.74) is 7.82. The molecule has 0 aliphatic carbocycles. The first-order chi connectivity index (χ1) is 13.5. The monoisotopic (exact) mass is 387 g/mol. The van der Waals surface area contributed by atoms with Crippen LogP contribution in [0.2, 0.25) is 0 Å². The fourth-order valence-electron chi connectivity index (χ4n) is 2.56. The fourth-order valence-corrected chi connectivity index (χ4v) is 2.56. The van der Waals surface area contributed by atoms with Gasteiger partial charge in [0.25, 0.3) is 0 Å². The average molecular weight is 387 g/mol. The number of aromatic nitrogens is 1. The maximum Gasteiger partial charge on any atom is 0.320 e. The van der Waals surface area contributed by atoms with Crippen molar-refractivity contribution in [2.45, 2.75) is 19.6 Å². The lowest BCUT2D eigenvalue weighted by atomic mass is 10.1. The van der Waals surface area contributed by atoms with E-state index in [1.807, 2.05) is 37.3 Å². The molecule has 0 bridgehead atoms. The Bertz CT molecular complexity index is 813. The Morgan fingerprint density at radius 3 is 2.71 bits per heavy atom. The molecule has 0 radical (unpaired) electrons. The smallest absolute Gasteiger partial charge is 0.320 e. The fraction of sp³-hybridized carbons (Fsp3) is 0.316. The van der Waals surface area contributed by atoms with Crippen LogP contribution >= 0.6 is 0 Å². The van der Waals surface area contributed by atoms with E-state index in [9.17, 15) is 4.79 Å². The zero-order valence-corrected chi connectivity index (χ0v) is 15.9. The molecule has 9 heteroatoms. The molecule has 2 amide bonds. The summed E-state index contributed by atoms with van der Waals surface area (Å²) in [6, 6.07) is 10.3. The number of carbonyl (C=O) groups excluding carboxylic acids is 1. The lowest BCUT2D eigenvalue weighted by molar-refractivity contribution is 0.0796. The molecule has 9 nitrogen and oxygen atoms in total. The number of hydrogen-bond acceptors (Lipinski definition) is 7. The molecular formula is C19H25N5O4. The van der Waals surface area contributed by atoms with E-state index < -0.39 is 6.03 Å². The van der Waals surface area contributed by atoms with Gasteiger partial charge in [-0.25, -0.2) is 9.78 Å². The van der Waals surface area contributed by atoms with Crippen molar-refractivity contribution in [3.05, 3.63) is 53.2 Å². The van der Waals surface area contributed by atoms with Gasteiger partial charge in [-0.3, -0.25) is 10.7 Å². The third kappa shape index (κ3) is 5.66. The Hall–Kier alpha value is -3.17. The zero-order chi connectivity index (χ0) is 20.5. The number of nitrogens with one attached hydrogen (secondary N) is 3. The first kappa shape index (κ1) is 21.1. The molecule has 2 aromatic rings. The van der Waals surface area contributed by atoms with Crippen LogP contribution in [0.3, 0.4) is 0 Å². The van der Waals surface area contributed by atoms with Gasteiger partial charge in [0.05, 0.1) is 44.2 Å². The Balaban J connectivity index is 2.15. The topological polar surface area (TPSA) is 143 Å². The molecule has 28 heavy (non-hydrogen) atoms. The van der Waals surface area contributed by atoms with E-state index in [-0.39, 0.29) is 48.8 Å². The highest BCUT2D eigenvalue weighted by Gasteiger charge is 2.18. The predicted octanol–water partition coefficient (Wildman–Crippen LogP) is 2.03. The lowest BCUT2D eigenvalue weighted by Gasteiger charge is -2.17. The molecule has 2 rings (SSSR count). The van der Waals surface area contributed by atoms with Gasteiger partial charge in [-0.2, -0.15) is 0 Å². The number of amides is 2. The second-order valence-corrected chi connectivity index (χ2v) is 5.96. The second kappa shape index (κ2) is 10.2. The van der Waals surface area contributed by atoms with E-state index in [1.54, 1.807) is 0 Å². The minimum atomic E-state index is -0.444. The summed E-state index contributed by atoms with van der Waals surface area (Å²) >= 11 is 0. The lowest BCUT2D eigenvalue weighted by Crippen LogP contribution is -2.31. The zero-order valence-electron chi connectivity index (χ0n) is 15.9. The summed E-state index contributed by atoms with van der Waals surface area (Å²) in [5.74, 6) is 0.0480. The normalized spacial score (nSPS) is 11.5. The third-order valence-corrected chi connectivity index (χ3v) is 3.92. The van der Waals surface area contributed by atoms with Gasteiger partial charge in [-0.1, -0.05) is 30.3 Å². The SMILES string of the molecule is COC(=N)c1c(N)cc(NC(=O)NC(C)c2ccccc2)nc1COCCO. The van der Waals surface area contributed by atoms with E-state index in [2.05, 4.69) is 15.6 Å². The molecule has 1 atom stereocenters. The van der Waals surface area contributed by atoms with Crippen LogP contribution in [0.15, 0.2) is 36.4 Å². The molecule has 0 saturated carbocycles. The van der Waals surface area contributed by atoms with Crippen LogP contribution in [-0.4, -0.2) is 42.3 Å². The number of nitrogen functional groups attached to an aromatic ring is 1. The molecule has 1 unspecified atom stereocenters. The first-order valence-electron chi connectivity index (χ1n) is 8.69. The van der Waals surface area contributed by atoms with Gasteiger partial charge in [-0.15, -0.1) is 0 Å². The molecule has 1 heterocycles. The molecule has 1 aromatic carbocycles. The van der Waals surface area contributed by atoms with E-state index in [1.165, 1.54) is 13.2 Å². The van der Waals surface area contributed by atoms with Crippen molar-refractivity contribution in [3.63, 3.8) is 0 Å². The third-order valence-electron chi connectivity index (χ3n) is 3.92. The van der Waals surface area contributed by atoms with Crippen LogP contribution in [0.1, 0.15) is 29.8 Å². The molecule has 6 N–H and O–H groups in total. The van der Waals surface area contributed by atoms with E-state index >= 15 is 0 Å². The van der Waals surface area contributed by atoms with Crippen LogP contribution in [0.25, 0.3) is 0 Å². The summed E-state index contributed by atoms with van der Waals surface area (Å²) in [6.07, 6.45) is 0. The Kier molecular flexibility index (Phi) is 7.73. The molecule has 0 saturated heterocycles. The van der Waals surface area contributed by atoms with Crippen molar-refractivity contribution in [2.24, 2.45) is 0 Å². The molecule has 1 aromatic heterocycles. The van der Waals surface area contributed by atoms with Gasteiger partial charge in [-0.05, 0) is 12.5 Å². The number of urea groups is 1. The number of hydrogen-bond donors (Lipinski definition) is 5. The molecule has 0 spiro atoms. The Morgan fingerprint density at radius 1 is 1.36 bits per heavy atom. The number of methoxy groups -OCH3 is 1. The van der Waals surface area contributed by atoms with Crippen molar-refractivity contribution >= 4 is 23.4 Å². The molecule has 0 aliphatic rings. The quantitative estimate of drug-likeness (QED) is 0.266. The minimum Gasteiger partial charge on any atom is -0.481 e. The number of nitrogens with zero attached hydrogens (tertiary/aromatic N) is 1. The van der Waals surface area contributed by atoms with Gasteiger partial charge in [0.15, 0.2) is 0 Å². The van der Waals surface area contributed by atoms with Crippen LogP contribution in [0.4, 0.5) is 16.3 Å². The summed E-state index contributed by atoms with van der Waals surface area (Å²) in [5, 5.41) is 22.2. The van der Waals surface area contributed by atoms with Gasteiger partial charge >= 0.3 is 6.03 Å². The van der Waals surface area contributed by atoms with E-state index in [0.29, 0.717) is 5.69 Å². The summed E-state index contributed by atoms with van der Waals surface area (Å²) in [7, 11) is 1.35. The van der Waals surface area contributed by atoms with Crippen molar-refractivity contribution in [1.82, 2.24) is 10.3 Å². The number of benzene rings is 1. The number of rotatable bonds is 8. The largest absolute Gasteiger partial charge is 0.481 e. The highest BCUT2D eigenvalue weighted by molar-refractivity contribution is 5.99. The van der Waals surface area contributed by atoms with Gasteiger partial charge in [0.2, 0.25) is 5.90 Å². The van der Waals surface area contributed by atoms with Crippen molar-refractivity contribution < 1.29 is 19.4 Å². The van der Waals surface area contributed by atoms with Gasteiger partial charge in [0, 0.05) is 11.8 Å². The van der Waals surface area contributed by atoms with Crippen molar-refractivity contribution in [3.8, 4) is 0 Å². The van der Waals surface area contributed by atoms with Gasteiger partial charge < -0.3 is 25.6 Å². The van der Waals surface area contributed by atoms with E-state index in [0.717, 1.165) is 5.56 Å². The number of nitrogens with two attached hydrogens (primary N) is 1. The molecule has 0 fully saturated rings. The highest BCUT2D eigenvalue weighted by atomic mass is 16.5. The van der Waals surface area contributed by atoms with Crippen LogP contribution in [-0.2, 0) is 16.1 Å². The van der Waals surface area contributed by atoms with Crippen molar-refractivity contribution in [1.29, 1.82) is 5.41 Å². The van der Waals surface area contributed by atoms with Crippen molar-refractivity contribution in [2.75, 3.05) is 31.4 Å². The summed E-state index contributed by atoms with van der Waals surface area (Å²) < 4.78 is 10.2. The molecular weight excluding hydrogens is 362 g/mol. The van der Waals surface area contributed by atoms with Crippen LogP contribution in [0.5, 0.6) is 0 Å². The predicted molar refractivity (Wildman–Crippen MR) is 106 cm³/mol. The Morgan fingerprint density at radius 2 is 2.07 bits per heavy atom. The minimum absolute atomic E-state index is 0.00336. The average Bonchev–Trinajstić information content (AvgIpc) is 2.68. The number of carbonyl (C=O) groups is 1. The van der Waals surface area contributed by atoms with Crippen LogP contribution in [0, 0.1) is 5.41 Å². The maximum absolute atomic E-state index is 12.3. The number of anilines is 2. The number of aliphatic hydroxyl groups is 1.